The van der Waals surface area contributed by atoms with Crippen LogP contribution in [0.3, 0.4) is 0 Å². The van der Waals surface area contributed by atoms with Crippen molar-refractivity contribution in [1.82, 2.24) is 0 Å². The average Bonchev–Trinajstić information content (AvgIpc) is 3.22. The number of hydrogen-bond acceptors (Lipinski definition) is 5. The topological polar surface area (TPSA) is 65.0 Å². The van der Waals surface area contributed by atoms with Gasteiger partial charge in [0.05, 0.1) is 12.7 Å². The van der Waals surface area contributed by atoms with Crippen molar-refractivity contribution >= 4 is 5.97 Å². The summed E-state index contributed by atoms with van der Waals surface area (Å²) >= 11 is 0. The lowest BCUT2D eigenvalue weighted by molar-refractivity contribution is -0.316. The number of aliphatic hydroxyl groups excluding tert-OH is 1. The summed E-state index contributed by atoms with van der Waals surface area (Å²) in [5.41, 5.74) is 2.03. The number of esters is 1. The van der Waals surface area contributed by atoms with E-state index in [0.717, 1.165) is 38.5 Å². The van der Waals surface area contributed by atoms with Crippen molar-refractivity contribution in [3.63, 3.8) is 0 Å². The third kappa shape index (κ3) is 3.11. The number of carbonyl (C=O) groups excluding carboxylic acids is 1. The fourth-order valence-corrected chi connectivity index (χ4v) is 10.1. The van der Waals surface area contributed by atoms with Crippen LogP contribution in [0.1, 0.15) is 86.0 Å². The zero-order valence-electron chi connectivity index (χ0n) is 21.7. The maximum absolute atomic E-state index is 11.5. The van der Waals surface area contributed by atoms with Crippen LogP contribution >= 0.6 is 0 Å². The van der Waals surface area contributed by atoms with Crippen LogP contribution < -0.4 is 0 Å². The molecule has 2 aliphatic heterocycles. The second-order valence-corrected chi connectivity index (χ2v) is 13.4. The van der Waals surface area contributed by atoms with Gasteiger partial charge in [0.2, 0.25) is 0 Å². The quantitative estimate of drug-likeness (QED) is 0.417. The zero-order chi connectivity index (χ0) is 24.0. The molecule has 6 rings (SSSR count). The molecule has 190 valence electrons. The van der Waals surface area contributed by atoms with E-state index in [1.807, 2.05) is 0 Å². The molecule has 0 radical (unpaired) electrons. The van der Waals surface area contributed by atoms with Crippen LogP contribution in [0, 0.1) is 46.3 Å². The summed E-state index contributed by atoms with van der Waals surface area (Å²) in [5, 5.41) is 11.1. The van der Waals surface area contributed by atoms with Crippen molar-refractivity contribution in [3.8, 4) is 0 Å². The van der Waals surface area contributed by atoms with Gasteiger partial charge in [0.15, 0.2) is 5.79 Å². The minimum absolute atomic E-state index is 0.0585. The highest BCUT2D eigenvalue weighted by molar-refractivity contribution is 5.66. The SMILES string of the molecule is CC(=O)O[C@H]1CC[C@@]2(C)C(=CC[C@H]3[C@@H]4C[C@@H]5O[C@@]6(OC[C@H](C)C[C@@H]6O)[C@@H](C)[C@@H]5[C@@]4(C)CC[C@@H]32)C1. The van der Waals surface area contributed by atoms with Gasteiger partial charge in [-0.15, -0.1) is 0 Å². The molecule has 5 heteroatoms. The Hall–Kier alpha value is -0.910. The summed E-state index contributed by atoms with van der Waals surface area (Å²) in [6.07, 6.45) is 10.8. The Morgan fingerprint density at radius 2 is 1.94 bits per heavy atom. The number of rotatable bonds is 1. The maximum atomic E-state index is 11.5. The van der Waals surface area contributed by atoms with Gasteiger partial charge in [-0.1, -0.05) is 39.3 Å². The number of ether oxygens (including phenoxy) is 3. The molecular formula is C29H44O5. The Balaban J connectivity index is 1.25. The largest absolute Gasteiger partial charge is 0.462 e. The third-order valence-electron chi connectivity index (χ3n) is 11.7. The highest BCUT2D eigenvalue weighted by Crippen LogP contribution is 2.70. The van der Waals surface area contributed by atoms with E-state index in [1.165, 1.54) is 19.8 Å². The lowest BCUT2D eigenvalue weighted by Gasteiger charge is -2.58. The van der Waals surface area contributed by atoms with Gasteiger partial charge in [0.25, 0.3) is 0 Å². The zero-order valence-corrected chi connectivity index (χ0v) is 21.7. The molecule has 0 aromatic carbocycles. The summed E-state index contributed by atoms with van der Waals surface area (Å²) < 4.78 is 18.7. The summed E-state index contributed by atoms with van der Waals surface area (Å²) in [6, 6.07) is 0. The van der Waals surface area contributed by atoms with Crippen LogP contribution in [0.15, 0.2) is 11.6 Å². The molecule has 1 N–H and O–H groups in total. The first-order chi connectivity index (χ1) is 16.1. The Morgan fingerprint density at radius 3 is 2.68 bits per heavy atom. The van der Waals surface area contributed by atoms with Gasteiger partial charge in [-0.3, -0.25) is 4.79 Å². The predicted octanol–water partition coefficient (Wildman–Crippen LogP) is 5.26. The van der Waals surface area contributed by atoms with E-state index in [0.29, 0.717) is 36.2 Å². The predicted molar refractivity (Wildman–Crippen MR) is 129 cm³/mol. The Labute approximate surface area is 205 Å². The van der Waals surface area contributed by atoms with Crippen LogP contribution in [0.5, 0.6) is 0 Å². The van der Waals surface area contributed by atoms with Gasteiger partial charge in [-0.05, 0) is 85.4 Å². The molecule has 0 unspecified atom stereocenters. The first-order valence-corrected chi connectivity index (χ1v) is 13.9. The van der Waals surface area contributed by atoms with Gasteiger partial charge < -0.3 is 19.3 Å². The van der Waals surface area contributed by atoms with E-state index in [-0.39, 0.29) is 34.9 Å². The van der Waals surface area contributed by atoms with Crippen molar-refractivity contribution in [3.05, 3.63) is 11.6 Å². The second-order valence-electron chi connectivity index (χ2n) is 13.4. The van der Waals surface area contributed by atoms with Gasteiger partial charge in [0, 0.05) is 19.3 Å². The first-order valence-electron chi connectivity index (χ1n) is 13.9. The van der Waals surface area contributed by atoms with E-state index in [9.17, 15) is 9.90 Å². The van der Waals surface area contributed by atoms with Gasteiger partial charge in [-0.25, -0.2) is 0 Å². The summed E-state index contributed by atoms with van der Waals surface area (Å²) in [5.74, 6) is 2.19. The minimum Gasteiger partial charge on any atom is -0.462 e. The van der Waals surface area contributed by atoms with Crippen LogP contribution in [-0.4, -0.2) is 41.8 Å². The number of fused-ring (bicyclic) bond motifs is 7. The molecule has 4 aliphatic carbocycles. The summed E-state index contributed by atoms with van der Waals surface area (Å²) in [6.45, 7) is 11.7. The third-order valence-corrected chi connectivity index (χ3v) is 11.7. The van der Waals surface area contributed by atoms with Crippen LogP contribution in [0.25, 0.3) is 0 Å². The van der Waals surface area contributed by atoms with Gasteiger partial charge >= 0.3 is 5.97 Å². The highest BCUT2D eigenvalue weighted by atomic mass is 16.7. The molecule has 0 aromatic heterocycles. The normalized spacial score (nSPS) is 56.2. The standard InChI is InChI=1S/C29H44O5/c1-16-12-25(31)29(32-15-16)17(2)26-24(34-29)14-23-21-7-6-19-13-20(33-18(3)30)8-10-27(19,4)22(21)9-11-28(23,26)5/h6,16-17,20-26,31H,7-15H2,1-5H3/t16-,17+,20+,21-,22+,23+,24+,25+,26+,27+,28+,29+/m1/s1. The number of aliphatic hydroxyl groups is 1. The van der Waals surface area contributed by atoms with E-state index in [1.54, 1.807) is 5.57 Å². The smallest absolute Gasteiger partial charge is 0.302 e. The van der Waals surface area contributed by atoms with Crippen LogP contribution in [-0.2, 0) is 19.0 Å². The highest BCUT2D eigenvalue weighted by Gasteiger charge is 2.70. The Morgan fingerprint density at radius 1 is 1.15 bits per heavy atom. The molecule has 1 spiro atoms. The van der Waals surface area contributed by atoms with Gasteiger partial charge in [0.1, 0.15) is 12.2 Å². The average molecular weight is 473 g/mol. The molecule has 0 amide bonds. The van der Waals surface area contributed by atoms with E-state index in [2.05, 4.69) is 33.8 Å². The van der Waals surface area contributed by atoms with Gasteiger partial charge in [-0.2, -0.15) is 0 Å². The second kappa shape index (κ2) is 7.79. The lowest BCUT2D eigenvalue weighted by atomic mass is 9.47. The first kappa shape index (κ1) is 23.5. The molecule has 12 atom stereocenters. The van der Waals surface area contributed by atoms with Crippen molar-refractivity contribution < 1.29 is 24.1 Å². The van der Waals surface area contributed by atoms with Crippen molar-refractivity contribution in [2.24, 2.45) is 46.3 Å². The van der Waals surface area contributed by atoms with E-state index < -0.39 is 11.9 Å². The monoisotopic (exact) mass is 472 g/mol. The summed E-state index contributed by atoms with van der Waals surface area (Å²) in [7, 11) is 0. The molecular weight excluding hydrogens is 428 g/mol. The summed E-state index contributed by atoms with van der Waals surface area (Å²) in [4.78, 5) is 11.5. The molecule has 2 saturated heterocycles. The molecule has 0 aromatic rings. The Bertz CT molecular complexity index is 884. The molecule has 6 aliphatic rings. The number of hydrogen-bond donors (Lipinski definition) is 1. The molecule has 0 bridgehead atoms. The number of carbonyl (C=O) groups is 1. The van der Waals surface area contributed by atoms with Crippen LogP contribution in [0.4, 0.5) is 0 Å². The van der Waals surface area contributed by atoms with Crippen molar-refractivity contribution in [2.75, 3.05) is 6.61 Å². The molecule has 2 heterocycles. The fourth-order valence-electron chi connectivity index (χ4n) is 10.1. The fraction of sp³-hybridized carbons (Fsp3) is 0.897. The van der Waals surface area contributed by atoms with Crippen molar-refractivity contribution in [2.45, 2.75) is 110 Å². The minimum atomic E-state index is -0.798. The maximum Gasteiger partial charge on any atom is 0.302 e. The number of allylic oxidation sites excluding steroid dienone is 1. The molecule has 5 fully saturated rings. The molecule has 5 nitrogen and oxygen atoms in total. The van der Waals surface area contributed by atoms with Crippen molar-refractivity contribution in [1.29, 1.82) is 0 Å². The molecule has 34 heavy (non-hydrogen) atoms. The molecule has 3 saturated carbocycles. The lowest BCUT2D eigenvalue weighted by Crippen LogP contribution is -2.56. The Kier molecular flexibility index (Phi) is 5.38. The van der Waals surface area contributed by atoms with Crippen LogP contribution in [0.2, 0.25) is 0 Å². The van der Waals surface area contributed by atoms with E-state index in [4.69, 9.17) is 14.2 Å². The van der Waals surface area contributed by atoms with E-state index >= 15 is 0 Å².